The molecule has 0 fully saturated rings. The van der Waals surface area contributed by atoms with E-state index in [4.69, 9.17) is 0 Å². The van der Waals surface area contributed by atoms with Crippen molar-refractivity contribution in [3.63, 3.8) is 0 Å². The lowest BCUT2D eigenvalue weighted by Crippen LogP contribution is -2.39. The van der Waals surface area contributed by atoms with Crippen LogP contribution in [0.1, 0.15) is 30.5 Å². The summed E-state index contributed by atoms with van der Waals surface area (Å²) in [6.07, 6.45) is 2.35. The number of carbonyl (C=O) groups excluding carboxylic acids is 1. The summed E-state index contributed by atoms with van der Waals surface area (Å²) in [5.74, 6) is 0.156. The van der Waals surface area contributed by atoms with E-state index < -0.39 is 0 Å². The lowest BCUT2D eigenvalue weighted by atomic mass is 10.0. The molecule has 0 radical (unpaired) electrons. The fraction of sp³-hybridized carbons (Fsp3) is 0.167. The summed E-state index contributed by atoms with van der Waals surface area (Å²) in [7, 11) is 0. The van der Waals surface area contributed by atoms with E-state index in [1.165, 1.54) is 0 Å². The molecule has 0 spiro atoms. The molecule has 0 saturated heterocycles. The summed E-state index contributed by atoms with van der Waals surface area (Å²) in [6, 6.07) is 14.6. The van der Waals surface area contributed by atoms with E-state index in [0.717, 1.165) is 15.7 Å². The zero-order valence-corrected chi connectivity index (χ0v) is 14.2. The summed E-state index contributed by atoms with van der Waals surface area (Å²) >= 11 is 3.42. The van der Waals surface area contributed by atoms with Gasteiger partial charge in [0.05, 0.1) is 5.70 Å². The molecule has 4 nitrogen and oxygen atoms in total. The van der Waals surface area contributed by atoms with Gasteiger partial charge in [0, 0.05) is 16.5 Å². The third kappa shape index (κ3) is 3.10. The number of nitrogens with one attached hydrogen (secondary N) is 1. The Morgan fingerprint density at radius 3 is 2.57 bits per heavy atom. The van der Waals surface area contributed by atoms with E-state index in [1.54, 1.807) is 17.1 Å². The first kappa shape index (κ1) is 15.6. The zero-order valence-electron chi connectivity index (χ0n) is 12.7. The predicted molar refractivity (Wildman–Crippen MR) is 93.2 cm³/mol. The van der Waals surface area contributed by atoms with Crippen molar-refractivity contribution in [3.8, 4) is 5.75 Å². The van der Waals surface area contributed by atoms with Gasteiger partial charge in [-0.1, -0.05) is 53.2 Å². The second-order valence-corrected chi connectivity index (χ2v) is 6.24. The highest BCUT2D eigenvalue weighted by Gasteiger charge is 2.31. The van der Waals surface area contributed by atoms with Crippen molar-refractivity contribution in [1.29, 1.82) is 0 Å². The maximum atomic E-state index is 12.3. The van der Waals surface area contributed by atoms with Crippen molar-refractivity contribution >= 4 is 27.5 Å². The highest BCUT2D eigenvalue weighted by atomic mass is 79.9. The summed E-state index contributed by atoms with van der Waals surface area (Å²) in [5, 5.41) is 11.7. The van der Waals surface area contributed by atoms with Crippen molar-refractivity contribution in [2.75, 3.05) is 0 Å². The number of amides is 1. The second kappa shape index (κ2) is 6.46. The first-order valence-corrected chi connectivity index (χ1v) is 8.24. The molecule has 2 aromatic carbocycles. The van der Waals surface area contributed by atoms with Gasteiger partial charge in [0.25, 0.3) is 0 Å². The van der Waals surface area contributed by atoms with Crippen LogP contribution in [0.4, 0.5) is 0 Å². The van der Waals surface area contributed by atoms with E-state index in [0.29, 0.717) is 12.0 Å². The SMILES string of the molecule is CCC(=O)N1NC(c2ccc(Br)cc2)=C[C@H]1c1ccccc1O. The molecule has 3 rings (SSSR count). The summed E-state index contributed by atoms with van der Waals surface area (Å²) in [5.41, 5.74) is 5.71. The van der Waals surface area contributed by atoms with Gasteiger partial charge in [-0.25, -0.2) is 5.01 Å². The van der Waals surface area contributed by atoms with Gasteiger partial charge < -0.3 is 5.11 Å². The van der Waals surface area contributed by atoms with Gasteiger partial charge in [0.15, 0.2) is 0 Å². The fourth-order valence-electron chi connectivity index (χ4n) is 2.61. The lowest BCUT2D eigenvalue weighted by molar-refractivity contribution is -0.134. The molecule has 0 aliphatic carbocycles. The van der Waals surface area contributed by atoms with Crippen LogP contribution in [-0.2, 0) is 4.79 Å². The number of carbonyl (C=O) groups is 1. The summed E-state index contributed by atoms with van der Waals surface area (Å²) in [4.78, 5) is 12.3. The standard InChI is InChI=1S/C18H17BrN2O2/c1-2-18(23)21-16(14-5-3-4-6-17(14)22)11-15(20-21)12-7-9-13(19)10-8-12/h3-11,16,20,22H,2H2,1H3/t16-/m0/s1. The first-order valence-electron chi connectivity index (χ1n) is 7.44. The predicted octanol–water partition coefficient (Wildman–Crippen LogP) is 3.99. The average Bonchev–Trinajstić information content (AvgIpc) is 3.00. The second-order valence-electron chi connectivity index (χ2n) is 5.32. The van der Waals surface area contributed by atoms with Crippen LogP contribution in [-0.4, -0.2) is 16.0 Å². The molecule has 1 aliphatic heterocycles. The minimum atomic E-state index is -0.331. The number of aromatic hydroxyl groups is 1. The largest absolute Gasteiger partial charge is 0.508 e. The van der Waals surface area contributed by atoms with Crippen LogP contribution in [0.2, 0.25) is 0 Å². The number of hydrogen-bond acceptors (Lipinski definition) is 3. The van der Waals surface area contributed by atoms with E-state index in [2.05, 4.69) is 21.4 Å². The van der Waals surface area contributed by atoms with Gasteiger partial charge >= 0.3 is 0 Å². The number of phenolic OH excluding ortho intramolecular Hbond substituents is 1. The molecule has 118 valence electrons. The molecular formula is C18H17BrN2O2. The van der Waals surface area contributed by atoms with Crippen LogP contribution >= 0.6 is 15.9 Å². The van der Waals surface area contributed by atoms with Crippen molar-refractivity contribution in [2.24, 2.45) is 0 Å². The molecule has 1 amide bonds. The molecular weight excluding hydrogens is 356 g/mol. The summed E-state index contributed by atoms with van der Waals surface area (Å²) < 4.78 is 0.999. The van der Waals surface area contributed by atoms with E-state index in [-0.39, 0.29) is 17.7 Å². The molecule has 0 aromatic heterocycles. The number of halogens is 1. The number of hydrogen-bond donors (Lipinski definition) is 2. The van der Waals surface area contributed by atoms with Crippen LogP contribution < -0.4 is 5.43 Å². The maximum absolute atomic E-state index is 12.3. The van der Waals surface area contributed by atoms with Gasteiger partial charge in [-0.3, -0.25) is 10.2 Å². The van der Waals surface area contributed by atoms with Gasteiger partial charge in [-0.15, -0.1) is 0 Å². The van der Waals surface area contributed by atoms with Crippen LogP contribution in [0, 0.1) is 0 Å². The maximum Gasteiger partial charge on any atom is 0.241 e. The van der Waals surface area contributed by atoms with E-state index in [1.807, 2.05) is 49.4 Å². The minimum Gasteiger partial charge on any atom is -0.508 e. The van der Waals surface area contributed by atoms with Crippen molar-refractivity contribution in [2.45, 2.75) is 19.4 Å². The Kier molecular flexibility index (Phi) is 4.39. The molecule has 1 heterocycles. The molecule has 0 saturated carbocycles. The zero-order chi connectivity index (χ0) is 16.4. The fourth-order valence-corrected chi connectivity index (χ4v) is 2.88. The Labute approximate surface area is 143 Å². The number of phenols is 1. The third-order valence-electron chi connectivity index (χ3n) is 3.83. The molecule has 2 aromatic rings. The molecule has 5 heteroatoms. The van der Waals surface area contributed by atoms with Crippen molar-refractivity contribution in [3.05, 3.63) is 70.2 Å². The number of rotatable bonds is 3. The Morgan fingerprint density at radius 2 is 1.91 bits per heavy atom. The number of hydrazine groups is 1. The molecule has 23 heavy (non-hydrogen) atoms. The Bertz CT molecular complexity index is 756. The van der Waals surface area contributed by atoms with Crippen LogP contribution in [0.25, 0.3) is 5.70 Å². The smallest absolute Gasteiger partial charge is 0.241 e. The Balaban J connectivity index is 2.00. The molecule has 0 bridgehead atoms. The molecule has 2 N–H and O–H groups in total. The van der Waals surface area contributed by atoms with Gasteiger partial charge in [-0.05, 0) is 29.8 Å². The van der Waals surface area contributed by atoms with Gasteiger partial charge in [-0.2, -0.15) is 0 Å². The molecule has 1 aliphatic rings. The molecule has 1 atom stereocenters. The number of para-hydroxylation sites is 1. The lowest BCUT2D eigenvalue weighted by Gasteiger charge is -2.25. The van der Waals surface area contributed by atoms with Crippen LogP contribution in [0.5, 0.6) is 5.75 Å². The van der Waals surface area contributed by atoms with Gasteiger partial charge in [0.2, 0.25) is 5.91 Å². The Hall–Kier alpha value is -2.27. The molecule has 0 unspecified atom stereocenters. The Morgan fingerprint density at radius 1 is 1.22 bits per heavy atom. The minimum absolute atomic E-state index is 0.0263. The monoisotopic (exact) mass is 372 g/mol. The highest BCUT2D eigenvalue weighted by molar-refractivity contribution is 9.10. The normalized spacial score (nSPS) is 16.9. The van der Waals surface area contributed by atoms with E-state index in [9.17, 15) is 9.90 Å². The van der Waals surface area contributed by atoms with E-state index >= 15 is 0 Å². The summed E-state index contributed by atoms with van der Waals surface area (Å²) in [6.45, 7) is 1.82. The average molecular weight is 373 g/mol. The number of benzene rings is 2. The van der Waals surface area contributed by atoms with Crippen LogP contribution in [0.3, 0.4) is 0 Å². The van der Waals surface area contributed by atoms with Crippen molar-refractivity contribution < 1.29 is 9.90 Å². The first-order chi connectivity index (χ1) is 11.1. The van der Waals surface area contributed by atoms with Crippen molar-refractivity contribution in [1.82, 2.24) is 10.4 Å². The topological polar surface area (TPSA) is 52.6 Å². The highest BCUT2D eigenvalue weighted by Crippen LogP contribution is 2.35. The van der Waals surface area contributed by atoms with Crippen LogP contribution in [0.15, 0.2) is 59.1 Å². The quantitative estimate of drug-likeness (QED) is 0.856. The third-order valence-corrected chi connectivity index (χ3v) is 4.35. The number of nitrogens with zero attached hydrogens (tertiary/aromatic N) is 1. The van der Waals surface area contributed by atoms with Gasteiger partial charge in [0.1, 0.15) is 11.8 Å².